The molecular formula is C76H94ClF3N10O11S4. The summed E-state index contributed by atoms with van der Waals surface area (Å²) in [5, 5.41) is 23.4. The quantitative estimate of drug-likeness (QED) is 0.0134. The summed E-state index contributed by atoms with van der Waals surface area (Å²) in [7, 11) is -11.0. The summed E-state index contributed by atoms with van der Waals surface area (Å²) >= 11 is 9.30. The van der Waals surface area contributed by atoms with Crippen molar-refractivity contribution < 1.29 is 63.8 Å². The second kappa shape index (κ2) is 35.6. The summed E-state index contributed by atoms with van der Waals surface area (Å²) in [6.45, 7) is 16.3. The van der Waals surface area contributed by atoms with Gasteiger partial charge in [0.1, 0.15) is 4.90 Å². The van der Waals surface area contributed by atoms with Gasteiger partial charge < -0.3 is 35.6 Å². The number of ether oxygens (including phenoxy) is 1. The first-order chi connectivity index (χ1) is 50.0. The number of sulfonamides is 1. The molecule has 566 valence electrons. The highest BCUT2D eigenvalue weighted by atomic mass is 35.5. The highest BCUT2D eigenvalue weighted by molar-refractivity contribution is 7.99. The number of sulfone groups is 1. The number of unbranched alkanes of at least 4 members (excludes halogenated alkanes) is 4. The standard InChI is InChI=1S/C76H94ClF3N10O11S4/c1-51(53-18-20-55(21-19-53)69-52(2)81-50-103-69)83-73(96)75(45-61(91)46-82-75)71(94)70(74(3,4)5)85-67(92)16-12-7-6-8-13-17-68(93)90-35-33-64(54-22-26-58(77)27-23-54)57(48-90)47-88-36-38-89(39-37-88)60-28-24-56(25-29-60)72(95)86-105(99,100)63-30-31-65(66(44-63)104(97,98)76(78,79)80)84-59(32-34-87-40-42-101-43-41-87)49-102-62-14-10-9-11-15-62/h9-11,14-15,18-31,44,50-51,59,61,70,82,84,91H,6-8,12-13,16-17,32-43,45-49H2,1-5H3,(H,83,96)(H,85,92)(H,86,95)/t51-,59+,61?,70?,75-/m0/s1. The fourth-order valence-electron chi connectivity index (χ4n) is 13.7. The first-order valence-corrected chi connectivity index (χ1v) is 40.9. The van der Waals surface area contributed by atoms with Crippen molar-refractivity contribution in [3.8, 4) is 10.4 Å². The summed E-state index contributed by atoms with van der Waals surface area (Å²) in [4.78, 5) is 82.7. The molecule has 0 bridgehead atoms. The van der Waals surface area contributed by atoms with Crippen LogP contribution in [0.15, 0.2) is 147 Å². The molecule has 4 aliphatic rings. The average Bonchev–Trinajstić information content (AvgIpc) is 1.76. The SMILES string of the molecule is Cc1ncsc1-c1ccc([C@H](C)NC(=O)[C@@]2(C(=O)C(NC(=O)CCCCCCCC(=O)N3CCC(c4ccc(Cl)cc4)=C(CN4CCN(c5ccc(C(=O)NS(=O)(=O)c6ccc(N[C@H](CCN7CCOCC7)CSc7ccccc7)c(S(=O)(=O)C(F)(F)F)c6)cc5)CC4)C3)C(C)(C)C)CC(O)CN2)cc1. The van der Waals surface area contributed by atoms with Crippen LogP contribution in [-0.2, 0) is 43.8 Å². The van der Waals surface area contributed by atoms with E-state index in [1.54, 1.807) is 29.0 Å². The number of halogens is 4. The normalized spacial score (nSPS) is 18.9. The van der Waals surface area contributed by atoms with E-state index in [1.165, 1.54) is 23.9 Å². The van der Waals surface area contributed by atoms with E-state index in [9.17, 15) is 59.1 Å². The number of thioether (sulfide) groups is 1. The molecule has 5 atom stereocenters. The number of Topliss-reactive ketones (excluding diaryl/α,β-unsaturated/α-hetero) is 1. The third-order valence-corrected chi connectivity index (χ3v) is 25.0. The molecule has 0 spiro atoms. The van der Waals surface area contributed by atoms with Gasteiger partial charge in [-0.05, 0) is 140 Å². The van der Waals surface area contributed by atoms with Gasteiger partial charge in [0.2, 0.25) is 17.7 Å². The maximum atomic E-state index is 14.7. The maximum Gasteiger partial charge on any atom is 0.501 e. The van der Waals surface area contributed by atoms with Crippen LogP contribution in [0.4, 0.5) is 24.5 Å². The van der Waals surface area contributed by atoms with Gasteiger partial charge in [-0.1, -0.05) is 106 Å². The zero-order chi connectivity index (χ0) is 75.3. The van der Waals surface area contributed by atoms with Crippen LogP contribution in [-0.4, -0.2) is 191 Å². The van der Waals surface area contributed by atoms with Crippen LogP contribution in [0.2, 0.25) is 5.02 Å². The lowest BCUT2D eigenvalue weighted by atomic mass is 9.75. The Kier molecular flexibility index (Phi) is 27.3. The second-order valence-electron chi connectivity index (χ2n) is 28.4. The predicted octanol–water partition coefficient (Wildman–Crippen LogP) is 11.1. The van der Waals surface area contributed by atoms with Crippen molar-refractivity contribution in [1.29, 1.82) is 0 Å². The van der Waals surface area contributed by atoms with Gasteiger partial charge in [-0.15, -0.1) is 23.1 Å². The minimum absolute atomic E-state index is 0.0377. The first-order valence-electron chi connectivity index (χ1n) is 35.6. The van der Waals surface area contributed by atoms with Gasteiger partial charge in [0.25, 0.3) is 25.8 Å². The van der Waals surface area contributed by atoms with Crippen molar-refractivity contribution in [2.75, 3.05) is 101 Å². The van der Waals surface area contributed by atoms with Crippen LogP contribution in [0.3, 0.4) is 0 Å². The number of hydrogen-bond donors (Lipinski definition) is 6. The monoisotopic (exact) mass is 1540 g/mol. The molecule has 3 saturated heterocycles. The van der Waals surface area contributed by atoms with Gasteiger partial charge >= 0.3 is 5.51 Å². The number of amides is 4. The van der Waals surface area contributed by atoms with Crippen LogP contribution in [0.25, 0.3) is 16.0 Å². The lowest BCUT2D eigenvalue weighted by Crippen LogP contribution is -2.66. The third-order valence-electron chi connectivity index (χ3n) is 19.8. The van der Waals surface area contributed by atoms with Gasteiger partial charge in [-0.25, -0.2) is 26.5 Å². The number of piperazine rings is 1. The molecule has 6 aromatic rings. The Balaban J connectivity index is 0.688. The number of benzene rings is 5. The van der Waals surface area contributed by atoms with Gasteiger partial charge in [0.15, 0.2) is 11.3 Å². The summed E-state index contributed by atoms with van der Waals surface area (Å²) in [6, 6.07) is 31.4. The van der Waals surface area contributed by atoms with E-state index in [-0.39, 0.29) is 36.8 Å². The molecule has 29 heteroatoms. The van der Waals surface area contributed by atoms with Crippen molar-refractivity contribution in [3.05, 3.63) is 160 Å². The number of anilines is 2. The van der Waals surface area contributed by atoms with E-state index in [4.69, 9.17) is 16.3 Å². The van der Waals surface area contributed by atoms with E-state index in [2.05, 4.69) is 41.0 Å². The Morgan fingerprint density at radius 1 is 0.800 bits per heavy atom. The fraction of sp³-hybridized carbons (Fsp3) is 0.474. The molecule has 0 radical (unpaired) electrons. The van der Waals surface area contributed by atoms with Crippen LogP contribution >= 0.6 is 34.7 Å². The highest BCUT2D eigenvalue weighted by Gasteiger charge is 2.55. The lowest BCUT2D eigenvalue weighted by Gasteiger charge is -2.39. The molecule has 5 aromatic carbocycles. The van der Waals surface area contributed by atoms with Crippen LogP contribution in [0.5, 0.6) is 0 Å². The van der Waals surface area contributed by atoms with E-state index < -0.39 is 93.6 Å². The van der Waals surface area contributed by atoms with Crippen molar-refractivity contribution in [3.63, 3.8) is 0 Å². The Bertz CT molecular complexity index is 4270. The van der Waals surface area contributed by atoms with E-state index >= 15 is 0 Å². The number of aryl methyl sites for hydroxylation is 1. The number of nitrogens with one attached hydrogen (secondary N) is 5. The molecule has 105 heavy (non-hydrogen) atoms. The number of aromatic nitrogens is 1. The van der Waals surface area contributed by atoms with Crippen molar-refractivity contribution >= 4 is 101 Å². The second-order valence-corrected chi connectivity index (χ2v) is 34.4. The highest BCUT2D eigenvalue weighted by Crippen LogP contribution is 2.39. The van der Waals surface area contributed by atoms with Crippen LogP contribution < -0.4 is 30.9 Å². The number of hydrogen-bond acceptors (Lipinski definition) is 19. The molecule has 2 unspecified atom stereocenters. The Labute approximate surface area is 626 Å². The van der Waals surface area contributed by atoms with E-state index in [1.807, 2.05) is 123 Å². The number of carbonyl (C=O) groups is 5. The molecule has 1 aromatic heterocycles. The number of ketones is 1. The Hall–Kier alpha value is -7.25. The average molecular weight is 1540 g/mol. The number of morpholine rings is 1. The molecule has 3 fully saturated rings. The topological polar surface area (TPSA) is 269 Å². The van der Waals surface area contributed by atoms with Crippen molar-refractivity contribution in [2.24, 2.45) is 5.41 Å². The molecule has 6 N–H and O–H groups in total. The van der Waals surface area contributed by atoms with Crippen molar-refractivity contribution in [2.45, 2.75) is 149 Å². The minimum atomic E-state index is -6.12. The molecule has 0 aliphatic carbocycles. The van der Waals surface area contributed by atoms with E-state index in [0.29, 0.717) is 128 Å². The molecule has 0 saturated carbocycles. The smallest absolute Gasteiger partial charge is 0.392 e. The van der Waals surface area contributed by atoms with Crippen molar-refractivity contribution in [1.82, 2.24) is 40.4 Å². The maximum absolute atomic E-state index is 14.7. The van der Waals surface area contributed by atoms with E-state index in [0.717, 1.165) is 80.4 Å². The van der Waals surface area contributed by atoms with Gasteiger partial charge in [-0.3, -0.25) is 39.1 Å². The molecule has 21 nitrogen and oxygen atoms in total. The Morgan fingerprint density at radius 2 is 1.47 bits per heavy atom. The first kappa shape index (κ1) is 80.3. The van der Waals surface area contributed by atoms with Gasteiger partial charge in [0.05, 0.1) is 58.1 Å². The number of nitrogens with zero attached hydrogens (tertiary/aromatic N) is 5. The Morgan fingerprint density at radius 3 is 2.10 bits per heavy atom. The molecule has 5 heterocycles. The summed E-state index contributed by atoms with van der Waals surface area (Å²) in [6.07, 6.45) is 4.02. The molecule has 4 aliphatic heterocycles. The number of rotatable bonds is 31. The number of aliphatic hydroxyl groups excluding tert-OH is 1. The number of carbonyl (C=O) groups excluding carboxylic acids is 5. The number of alkyl halides is 3. The summed E-state index contributed by atoms with van der Waals surface area (Å²) in [5.74, 6) is -2.08. The zero-order valence-electron chi connectivity index (χ0n) is 59.8. The molecule has 10 rings (SSSR count). The van der Waals surface area contributed by atoms with Crippen LogP contribution in [0, 0.1) is 12.3 Å². The summed E-state index contributed by atoms with van der Waals surface area (Å²) < 4.78 is 105. The third kappa shape index (κ3) is 20.9. The number of aliphatic hydroxyl groups is 1. The van der Waals surface area contributed by atoms with Gasteiger partial charge in [0, 0.05) is 124 Å². The predicted molar refractivity (Wildman–Crippen MR) is 404 cm³/mol. The fourth-order valence-corrected chi connectivity index (χ4v) is 17.6. The minimum Gasteiger partial charge on any atom is -0.392 e. The number of thiazole rings is 1. The largest absolute Gasteiger partial charge is 0.501 e. The summed E-state index contributed by atoms with van der Waals surface area (Å²) in [5.41, 5.74) is -0.182. The lowest BCUT2D eigenvalue weighted by molar-refractivity contribution is -0.142. The molecular weight excluding hydrogens is 1450 g/mol. The zero-order valence-corrected chi connectivity index (χ0v) is 63.8. The number of β-amino-alcohol motifs (C(OH)–C–C–N with tert-alkyl or cyclic N) is 1. The molecule has 4 amide bonds. The van der Waals surface area contributed by atoms with Gasteiger partial charge in [-0.2, -0.15) is 13.2 Å². The van der Waals surface area contributed by atoms with Crippen LogP contribution in [0.1, 0.15) is 125 Å².